The first kappa shape index (κ1) is 20.0. The number of anilines is 2. The monoisotopic (exact) mass is 347 g/mol. The molecule has 0 aliphatic carbocycles. The quantitative estimate of drug-likeness (QED) is 0.764. The molecule has 0 aromatic heterocycles. The van der Waals surface area contributed by atoms with Crippen molar-refractivity contribution >= 4 is 17.3 Å². The molecule has 0 spiro atoms. The van der Waals surface area contributed by atoms with Gasteiger partial charge in [-0.3, -0.25) is 4.79 Å². The Bertz CT molecular complexity index is 643. The zero-order valence-electron chi connectivity index (χ0n) is 14.4. The highest BCUT2D eigenvalue weighted by Gasteiger charge is 2.20. The van der Waals surface area contributed by atoms with Gasteiger partial charge in [0.1, 0.15) is 18.8 Å². The second kappa shape index (κ2) is 9.96. The number of nitrogens with one attached hydrogen (secondary N) is 1. The molecule has 5 heteroatoms. The van der Waals surface area contributed by atoms with Crippen molar-refractivity contribution in [3.05, 3.63) is 54.1 Å². The lowest BCUT2D eigenvalue weighted by atomic mass is 10.1. The number of ether oxygens (including phenoxy) is 1. The second-order valence-corrected chi connectivity index (χ2v) is 5.11. The highest BCUT2D eigenvalue weighted by Crippen LogP contribution is 2.26. The van der Waals surface area contributed by atoms with Crippen LogP contribution in [0.1, 0.15) is 31.1 Å². The lowest BCUT2D eigenvalue weighted by Crippen LogP contribution is -3.00. The molecule has 2 aromatic rings. The number of hydrogen-bond acceptors (Lipinski definition) is 3. The molecule has 0 atom stereocenters. The maximum Gasteiger partial charge on any atom is 0.259 e. The zero-order chi connectivity index (χ0) is 16.7. The van der Waals surface area contributed by atoms with Gasteiger partial charge in [0, 0.05) is 17.8 Å². The average Bonchev–Trinajstić information content (AvgIpc) is 2.58. The molecule has 2 rings (SSSR count). The van der Waals surface area contributed by atoms with E-state index in [1.165, 1.54) is 0 Å². The van der Waals surface area contributed by atoms with Crippen molar-refractivity contribution in [2.75, 3.05) is 25.0 Å². The molecule has 0 saturated carbocycles. The van der Waals surface area contributed by atoms with Crippen molar-refractivity contribution < 1.29 is 21.9 Å². The molecule has 1 radical (unpaired) electrons. The normalized spacial score (nSPS) is 10.2. The van der Waals surface area contributed by atoms with Crippen LogP contribution in [0.5, 0.6) is 5.75 Å². The minimum atomic E-state index is -0.159. The number of benzene rings is 2. The van der Waals surface area contributed by atoms with Crippen LogP contribution in [0.2, 0.25) is 0 Å². The maximum atomic E-state index is 12.7. The Hall–Kier alpha value is -2.04. The van der Waals surface area contributed by atoms with Crippen LogP contribution in [0.15, 0.2) is 48.5 Å². The van der Waals surface area contributed by atoms with Crippen LogP contribution in [0.4, 0.5) is 11.4 Å². The minimum Gasteiger partial charge on any atom is -1.00 e. The van der Waals surface area contributed by atoms with E-state index in [2.05, 4.69) is 24.1 Å². The van der Waals surface area contributed by atoms with Gasteiger partial charge in [0.25, 0.3) is 5.91 Å². The van der Waals surface area contributed by atoms with E-state index in [1.54, 1.807) is 0 Å². The predicted molar refractivity (Wildman–Crippen MR) is 94.9 cm³/mol. The first-order chi connectivity index (χ1) is 11.2. The average molecular weight is 348 g/mol. The lowest BCUT2D eigenvalue weighted by Gasteiger charge is -2.13. The summed E-state index contributed by atoms with van der Waals surface area (Å²) in [7, 11) is 0. The summed E-state index contributed by atoms with van der Waals surface area (Å²) in [5.41, 5.74) is 2.35. The number of carbonyl (C=O) groups excluding carboxylic acids is 1. The number of rotatable bonds is 7. The Kier molecular flexibility index (Phi) is 8.30. The van der Waals surface area contributed by atoms with E-state index >= 15 is 0 Å². The van der Waals surface area contributed by atoms with E-state index in [9.17, 15) is 4.79 Å². The van der Waals surface area contributed by atoms with Crippen molar-refractivity contribution in [2.24, 2.45) is 0 Å². The Morgan fingerprint density at radius 2 is 1.71 bits per heavy atom. The van der Waals surface area contributed by atoms with Gasteiger partial charge in [0.05, 0.1) is 12.2 Å². The molecule has 0 aliphatic heterocycles. The van der Waals surface area contributed by atoms with E-state index < -0.39 is 0 Å². The lowest BCUT2D eigenvalue weighted by molar-refractivity contribution is -0.0000132. The molecule has 24 heavy (non-hydrogen) atoms. The fourth-order valence-corrected chi connectivity index (χ4v) is 2.48. The van der Waals surface area contributed by atoms with Crippen molar-refractivity contribution in [1.29, 1.82) is 0 Å². The Labute approximate surface area is 150 Å². The molecular weight excluding hydrogens is 324 g/mol. The van der Waals surface area contributed by atoms with E-state index in [-0.39, 0.29) is 18.3 Å². The number of nitrogens with zero attached hydrogens (tertiary/aromatic N) is 1. The summed E-state index contributed by atoms with van der Waals surface area (Å²) in [5.74, 6) is 0.450. The molecule has 4 nitrogen and oxygen atoms in total. The minimum absolute atomic E-state index is 0. The van der Waals surface area contributed by atoms with Crippen LogP contribution in [0, 0.1) is 0 Å². The summed E-state index contributed by atoms with van der Waals surface area (Å²) in [4.78, 5) is 14.9. The van der Waals surface area contributed by atoms with Gasteiger partial charge in [-0.2, -0.15) is 0 Å². The number of amides is 1. The van der Waals surface area contributed by atoms with Gasteiger partial charge in [0.2, 0.25) is 0 Å². The Morgan fingerprint density at radius 1 is 1.04 bits per heavy atom. The summed E-state index contributed by atoms with van der Waals surface area (Å²) in [5, 5.41) is 2.92. The Balaban J connectivity index is 0.00000288. The number of hydrogen-bond donors (Lipinski definition) is 1. The van der Waals surface area contributed by atoms with E-state index in [1.807, 2.05) is 55.5 Å². The number of carbonyl (C=O) groups is 1. The van der Waals surface area contributed by atoms with Crippen LogP contribution >= 0.6 is 0 Å². The van der Waals surface area contributed by atoms with Gasteiger partial charge in [-0.05, 0) is 39.0 Å². The molecule has 0 heterocycles. The van der Waals surface area contributed by atoms with E-state index in [0.29, 0.717) is 17.9 Å². The second-order valence-electron chi connectivity index (χ2n) is 5.11. The third-order valence-corrected chi connectivity index (χ3v) is 3.67. The van der Waals surface area contributed by atoms with Gasteiger partial charge in [-0.25, -0.2) is 0 Å². The molecule has 0 bridgehead atoms. The standard InChI is InChI=1S/C19H24N2O2.ClH/c1-4-21(5-2)16-12-13-18(23-6-3)17(14-16)19(22)20-15-10-8-7-9-11-15;/h7-14H,4-6H2,1-3H3,(H,20,22);1H/q+1;/p-1. The summed E-state index contributed by atoms with van der Waals surface area (Å²) in [6.45, 7) is 8.43. The van der Waals surface area contributed by atoms with Crippen LogP contribution in [-0.4, -0.2) is 25.6 Å². The van der Waals surface area contributed by atoms with Crippen LogP contribution in [0.3, 0.4) is 0 Å². The SMILES string of the molecule is CCOc1ccc([N+](CC)CC)cc1C(=O)Nc1ccccc1.[Cl-]. The summed E-state index contributed by atoms with van der Waals surface area (Å²) in [6.07, 6.45) is 0. The highest BCUT2D eigenvalue weighted by molar-refractivity contribution is 6.06. The van der Waals surface area contributed by atoms with Gasteiger partial charge in [-0.1, -0.05) is 18.2 Å². The smallest absolute Gasteiger partial charge is 0.259 e. The molecule has 0 fully saturated rings. The molecule has 1 amide bonds. The molecule has 129 valence electrons. The molecule has 0 saturated heterocycles. The zero-order valence-corrected chi connectivity index (χ0v) is 15.1. The fourth-order valence-electron chi connectivity index (χ4n) is 2.48. The number of halogens is 1. The van der Waals surface area contributed by atoms with Crippen molar-refractivity contribution in [2.45, 2.75) is 20.8 Å². The van der Waals surface area contributed by atoms with Crippen molar-refractivity contribution in [1.82, 2.24) is 4.90 Å². The molecular formula is C19H24ClN2O2. The molecule has 0 aliphatic rings. The summed E-state index contributed by atoms with van der Waals surface area (Å²) >= 11 is 0. The van der Waals surface area contributed by atoms with Gasteiger partial charge >= 0.3 is 0 Å². The van der Waals surface area contributed by atoms with Gasteiger partial charge in [-0.15, -0.1) is 4.90 Å². The van der Waals surface area contributed by atoms with Gasteiger partial charge < -0.3 is 22.5 Å². The first-order valence-corrected chi connectivity index (χ1v) is 8.07. The third-order valence-electron chi connectivity index (χ3n) is 3.67. The Morgan fingerprint density at radius 3 is 2.29 bits per heavy atom. The summed E-state index contributed by atoms with van der Waals surface area (Å²) in [6, 6.07) is 15.2. The van der Waals surface area contributed by atoms with Crippen molar-refractivity contribution in [3.63, 3.8) is 0 Å². The topological polar surface area (TPSA) is 44.2 Å². The molecule has 0 unspecified atom stereocenters. The van der Waals surface area contributed by atoms with Gasteiger partial charge in [0.15, 0.2) is 5.69 Å². The predicted octanol–water partition coefficient (Wildman–Crippen LogP) is 1.15. The number of para-hydroxylation sites is 1. The van der Waals surface area contributed by atoms with Crippen LogP contribution < -0.4 is 27.4 Å². The van der Waals surface area contributed by atoms with Crippen LogP contribution in [0.25, 0.3) is 0 Å². The van der Waals surface area contributed by atoms with Crippen molar-refractivity contribution in [3.8, 4) is 5.75 Å². The summed E-state index contributed by atoms with van der Waals surface area (Å²) < 4.78 is 5.62. The largest absolute Gasteiger partial charge is 1.00 e. The van der Waals surface area contributed by atoms with E-state index in [0.717, 1.165) is 24.5 Å². The fraction of sp³-hybridized carbons (Fsp3) is 0.316. The molecule has 2 aromatic carbocycles. The third kappa shape index (κ3) is 4.98. The first-order valence-electron chi connectivity index (χ1n) is 8.07. The molecule has 1 N–H and O–H groups in total. The van der Waals surface area contributed by atoms with E-state index in [4.69, 9.17) is 4.74 Å². The maximum absolute atomic E-state index is 12.7. The highest BCUT2D eigenvalue weighted by atomic mass is 35.5. The van der Waals surface area contributed by atoms with Crippen LogP contribution in [-0.2, 0) is 0 Å².